The Kier molecular flexibility index (Phi) is 7.21. The molecule has 1 fully saturated rings. The standard InChI is InChI=1S/C21H27N3O3S2/c1-17-6-3-4-9-20(17)24(29(2,26)27)16-21(25)22-19-8-5-7-18(14-19)15-23-10-12-28-13-11-23/h3-9,14H,10-13,15-16H2,1-2H3,(H,22,25). The number of sulfonamides is 1. The average molecular weight is 434 g/mol. The van der Waals surface area contributed by atoms with Crippen LogP contribution < -0.4 is 9.62 Å². The smallest absolute Gasteiger partial charge is 0.245 e. The molecular weight excluding hydrogens is 406 g/mol. The van der Waals surface area contributed by atoms with Gasteiger partial charge in [0, 0.05) is 36.8 Å². The first-order valence-electron chi connectivity index (χ1n) is 9.55. The number of carbonyl (C=O) groups excluding carboxylic acids is 1. The van der Waals surface area contributed by atoms with Crippen molar-refractivity contribution in [2.24, 2.45) is 0 Å². The molecule has 156 valence electrons. The van der Waals surface area contributed by atoms with Crippen molar-refractivity contribution in [3.05, 3.63) is 59.7 Å². The summed E-state index contributed by atoms with van der Waals surface area (Å²) in [7, 11) is -3.59. The Bertz CT molecular complexity index is 957. The average Bonchev–Trinajstić information content (AvgIpc) is 2.67. The lowest BCUT2D eigenvalue weighted by Gasteiger charge is -2.26. The van der Waals surface area contributed by atoms with E-state index in [4.69, 9.17) is 0 Å². The molecular formula is C21H27N3O3S2. The van der Waals surface area contributed by atoms with Crippen LogP contribution >= 0.6 is 11.8 Å². The van der Waals surface area contributed by atoms with Crippen molar-refractivity contribution in [3.63, 3.8) is 0 Å². The highest BCUT2D eigenvalue weighted by atomic mass is 32.2. The molecule has 29 heavy (non-hydrogen) atoms. The van der Waals surface area contributed by atoms with Crippen LogP contribution in [0.3, 0.4) is 0 Å². The lowest BCUT2D eigenvalue weighted by Crippen LogP contribution is -2.37. The molecule has 2 aromatic carbocycles. The maximum absolute atomic E-state index is 12.6. The number of nitrogens with zero attached hydrogens (tertiary/aromatic N) is 2. The Hall–Kier alpha value is -2.03. The lowest BCUT2D eigenvalue weighted by molar-refractivity contribution is -0.114. The number of aryl methyl sites for hydroxylation is 1. The van der Waals surface area contributed by atoms with Gasteiger partial charge in [0.25, 0.3) is 0 Å². The van der Waals surface area contributed by atoms with Gasteiger partial charge in [0.2, 0.25) is 15.9 Å². The van der Waals surface area contributed by atoms with Crippen molar-refractivity contribution in [1.29, 1.82) is 0 Å². The number of hydrogen-bond acceptors (Lipinski definition) is 5. The molecule has 1 amide bonds. The fourth-order valence-corrected chi connectivity index (χ4v) is 5.21. The van der Waals surface area contributed by atoms with Gasteiger partial charge in [0.15, 0.2) is 0 Å². The number of hydrogen-bond donors (Lipinski definition) is 1. The van der Waals surface area contributed by atoms with Gasteiger partial charge in [-0.2, -0.15) is 11.8 Å². The Morgan fingerprint density at radius 2 is 1.86 bits per heavy atom. The van der Waals surface area contributed by atoms with Gasteiger partial charge < -0.3 is 5.32 Å². The second kappa shape index (κ2) is 9.65. The van der Waals surface area contributed by atoms with Gasteiger partial charge in [-0.25, -0.2) is 8.42 Å². The van der Waals surface area contributed by atoms with Crippen LogP contribution in [-0.4, -0.2) is 56.6 Å². The number of carbonyl (C=O) groups is 1. The molecule has 0 aromatic heterocycles. The van der Waals surface area contributed by atoms with E-state index in [9.17, 15) is 13.2 Å². The van der Waals surface area contributed by atoms with E-state index in [1.165, 1.54) is 0 Å². The van der Waals surface area contributed by atoms with Crippen molar-refractivity contribution in [2.75, 3.05) is 47.0 Å². The van der Waals surface area contributed by atoms with Crippen molar-refractivity contribution in [1.82, 2.24) is 4.90 Å². The highest BCUT2D eigenvalue weighted by Crippen LogP contribution is 2.22. The molecule has 0 atom stereocenters. The van der Waals surface area contributed by atoms with E-state index >= 15 is 0 Å². The Balaban J connectivity index is 1.69. The summed E-state index contributed by atoms with van der Waals surface area (Å²) in [6, 6.07) is 14.9. The number of benzene rings is 2. The molecule has 1 N–H and O–H groups in total. The van der Waals surface area contributed by atoms with E-state index in [1.54, 1.807) is 12.1 Å². The fraction of sp³-hybridized carbons (Fsp3) is 0.381. The number of thioether (sulfide) groups is 1. The second-order valence-electron chi connectivity index (χ2n) is 7.19. The normalized spacial score (nSPS) is 15.1. The van der Waals surface area contributed by atoms with E-state index in [0.29, 0.717) is 11.4 Å². The van der Waals surface area contributed by atoms with Crippen molar-refractivity contribution in [2.45, 2.75) is 13.5 Å². The maximum Gasteiger partial charge on any atom is 0.245 e. The summed E-state index contributed by atoms with van der Waals surface area (Å²) in [5, 5.41) is 2.84. The molecule has 1 heterocycles. The molecule has 6 nitrogen and oxygen atoms in total. The first kappa shape index (κ1) is 21.7. The third-order valence-corrected chi connectivity index (χ3v) is 6.86. The molecule has 1 aliphatic rings. The van der Waals surface area contributed by atoms with Crippen LogP contribution in [0.4, 0.5) is 11.4 Å². The molecule has 0 radical (unpaired) electrons. The van der Waals surface area contributed by atoms with Crippen molar-refractivity contribution in [3.8, 4) is 0 Å². The van der Waals surface area contributed by atoms with Crippen LogP contribution in [0.1, 0.15) is 11.1 Å². The number of rotatable bonds is 7. The zero-order valence-electron chi connectivity index (χ0n) is 16.8. The quantitative estimate of drug-likeness (QED) is 0.727. The van der Waals surface area contributed by atoms with Gasteiger partial charge in [0.1, 0.15) is 6.54 Å². The Morgan fingerprint density at radius 1 is 1.14 bits per heavy atom. The summed E-state index contributed by atoms with van der Waals surface area (Å²) in [5.74, 6) is 1.93. The van der Waals surface area contributed by atoms with Gasteiger partial charge >= 0.3 is 0 Å². The number of nitrogens with one attached hydrogen (secondary N) is 1. The van der Waals surface area contributed by atoms with E-state index in [-0.39, 0.29) is 12.5 Å². The van der Waals surface area contributed by atoms with Crippen molar-refractivity contribution < 1.29 is 13.2 Å². The molecule has 1 aliphatic heterocycles. The molecule has 0 unspecified atom stereocenters. The van der Waals surface area contributed by atoms with E-state index in [0.717, 1.165) is 52.8 Å². The second-order valence-corrected chi connectivity index (χ2v) is 10.3. The van der Waals surface area contributed by atoms with Crippen LogP contribution in [0, 0.1) is 6.92 Å². The fourth-order valence-electron chi connectivity index (χ4n) is 3.32. The molecule has 3 rings (SSSR count). The monoisotopic (exact) mass is 433 g/mol. The van der Waals surface area contributed by atoms with Gasteiger partial charge in [0.05, 0.1) is 11.9 Å². The van der Waals surface area contributed by atoms with Crippen LogP contribution in [0.15, 0.2) is 48.5 Å². The van der Waals surface area contributed by atoms with Crippen LogP contribution in [0.5, 0.6) is 0 Å². The number of para-hydroxylation sites is 1. The summed E-state index contributed by atoms with van der Waals surface area (Å²) >= 11 is 1.98. The van der Waals surface area contributed by atoms with Crippen LogP contribution in [0.2, 0.25) is 0 Å². The Labute approximate surface area is 177 Å². The largest absolute Gasteiger partial charge is 0.325 e. The van der Waals surface area contributed by atoms with E-state index in [2.05, 4.69) is 10.2 Å². The topological polar surface area (TPSA) is 69.7 Å². The molecule has 0 bridgehead atoms. The van der Waals surface area contributed by atoms with Gasteiger partial charge in [-0.1, -0.05) is 30.3 Å². The van der Waals surface area contributed by atoms with Crippen LogP contribution in [0.25, 0.3) is 0 Å². The zero-order valence-corrected chi connectivity index (χ0v) is 18.4. The summed E-state index contributed by atoms with van der Waals surface area (Å²) in [4.78, 5) is 15.0. The summed E-state index contributed by atoms with van der Waals surface area (Å²) in [6.07, 6.45) is 1.12. The van der Waals surface area contributed by atoms with E-state index < -0.39 is 10.0 Å². The summed E-state index contributed by atoms with van der Waals surface area (Å²) < 4.78 is 25.7. The molecule has 2 aromatic rings. The Morgan fingerprint density at radius 3 is 2.55 bits per heavy atom. The first-order chi connectivity index (χ1) is 13.8. The predicted molar refractivity (Wildman–Crippen MR) is 121 cm³/mol. The minimum absolute atomic E-state index is 0.267. The summed E-state index contributed by atoms with van der Waals surface area (Å²) in [5.41, 5.74) is 3.12. The molecule has 0 aliphatic carbocycles. The minimum Gasteiger partial charge on any atom is -0.325 e. The lowest BCUT2D eigenvalue weighted by atomic mass is 10.2. The molecule has 1 saturated heterocycles. The number of amides is 1. The van der Waals surface area contributed by atoms with Gasteiger partial charge in [-0.3, -0.25) is 14.0 Å². The highest BCUT2D eigenvalue weighted by molar-refractivity contribution is 7.99. The molecule has 8 heteroatoms. The molecule has 0 saturated carbocycles. The maximum atomic E-state index is 12.6. The number of anilines is 2. The van der Waals surface area contributed by atoms with E-state index in [1.807, 2.05) is 55.1 Å². The molecule has 0 spiro atoms. The third kappa shape index (κ3) is 6.22. The van der Waals surface area contributed by atoms with Gasteiger partial charge in [-0.15, -0.1) is 0 Å². The third-order valence-electron chi connectivity index (χ3n) is 4.79. The minimum atomic E-state index is -3.59. The van der Waals surface area contributed by atoms with Crippen LogP contribution in [-0.2, 0) is 21.4 Å². The SMILES string of the molecule is Cc1ccccc1N(CC(=O)Nc1cccc(CN2CCSCC2)c1)S(C)(=O)=O. The zero-order chi connectivity index (χ0) is 20.9. The van der Waals surface area contributed by atoms with Gasteiger partial charge in [-0.05, 0) is 36.2 Å². The predicted octanol–water partition coefficient (Wildman–Crippen LogP) is 2.95. The highest BCUT2D eigenvalue weighted by Gasteiger charge is 2.22. The summed E-state index contributed by atoms with van der Waals surface area (Å²) in [6.45, 7) is 4.55. The first-order valence-corrected chi connectivity index (χ1v) is 12.6. The van der Waals surface area contributed by atoms with Crippen molar-refractivity contribution >= 4 is 39.1 Å².